The number of hydrogen-bond donors (Lipinski definition) is 0. The van der Waals surface area contributed by atoms with E-state index in [-0.39, 0.29) is 10.6 Å². The van der Waals surface area contributed by atoms with Gasteiger partial charge in [0.25, 0.3) is 0 Å². The predicted molar refractivity (Wildman–Crippen MR) is 83.5 cm³/mol. The number of halogens is 3. The van der Waals surface area contributed by atoms with Gasteiger partial charge in [0.05, 0.1) is 4.47 Å². The molecule has 102 valence electrons. The van der Waals surface area contributed by atoms with E-state index in [1.54, 1.807) is 6.07 Å². The molecule has 0 bridgehead atoms. The molecule has 2 aromatic carbocycles. The Morgan fingerprint density at radius 1 is 1.15 bits per heavy atom. The molecule has 0 amide bonds. The lowest BCUT2D eigenvalue weighted by Crippen LogP contribution is -1.98. The van der Waals surface area contributed by atoms with E-state index in [0.717, 1.165) is 16.7 Å². The van der Waals surface area contributed by atoms with E-state index in [2.05, 4.69) is 36.8 Å². The molecule has 1 atom stereocenters. The maximum absolute atomic E-state index is 13.5. The molecule has 2 nitrogen and oxygen atoms in total. The standard InChI is InChI=1S/C15H10Br2FNO/c16-10(9-4-3-5-11(18)15(9)17)8-14-19-12-6-1-2-7-13(12)20-14/h1-7,10H,8H2. The van der Waals surface area contributed by atoms with Crippen LogP contribution in [0.1, 0.15) is 16.3 Å². The van der Waals surface area contributed by atoms with Gasteiger partial charge in [-0.25, -0.2) is 9.37 Å². The number of oxazole rings is 1. The summed E-state index contributed by atoms with van der Waals surface area (Å²) in [4.78, 5) is 4.36. The van der Waals surface area contributed by atoms with Gasteiger partial charge in [0.15, 0.2) is 11.5 Å². The summed E-state index contributed by atoms with van der Waals surface area (Å²) >= 11 is 6.84. The minimum absolute atomic E-state index is 0.0689. The molecule has 3 rings (SSSR count). The zero-order chi connectivity index (χ0) is 14.1. The van der Waals surface area contributed by atoms with Gasteiger partial charge in [-0.05, 0) is 39.7 Å². The third kappa shape index (κ3) is 2.65. The highest BCUT2D eigenvalue weighted by atomic mass is 79.9. The highest BCUT2D eigenvalue weighted by Crippen LogP contribution is 2.34. The third-order valence-corrected chi connectivity index (χ3v) is 4.66. The van der Waals surface area contributed by atoms with Crippen LogP contribution in [0, 0.1) is 5.82 Å². The van der Waals surface area contributed by atoms with Gasteiger partial charge in [-0.15, -0.1) is 0 Å². The summed E-state index contributed by atoms with van der Waals surface area (Å²) in [5.74, 6) is 0.355. The normalized spacial score (nSPS) is 12.8. The lowest BCUT2D eigenvalue weighted by molar-refractivity contribution is 0.526. The molecule has 0 saturated carbocycles. The van der Waals surface area contributed by atoms with Crippen LogP contribution in [0.4, 0.5) is 4.39 Å². The van der Waals surface area contributed by atoms with Gasteiger partial charge >= 0.3 is 0 Å². The lowest BCUT2D eigenvalue weighted by atomic mass is 10.1. The fourth-order valence-corrected chi connectivity index (χ4v) is 3.54. The molecule has 3 aromatic rings. The van der Waals surface area contributed by atoms with Crippen molar-refractivity contribution >= 4 is 43.0 Å². The fraction of sp³-hybridized carbons (Fsp3) is 0.133. The molecular formula is C15H10Br2FNO. The van der Waals surface area contributed by atoms with Gasteiger partial charge in [-0.2, -0.15) is 0 Å². The van der Waals surface area contributed by atoms with Crippen molar-refractivity contribution < 1.29 is 8.81 Å². The van der Waals surface area contributed by atoms with Gasteiger partial charge in [0, 0.05) is 11.2 Å². The maximum Gasteiger partial charge on any atom is 0.196 e. The molecule has 0 aliphatic heterocycles. The quantitative estimate of drug-likeness (QED) is 0.551. The van der Waals surface area contributed by atoms with E-state index in [1.807, 2.05) is 30.3 Å². The molecule has 20 heavy (non-hydrogen) atoms. The number of hydrogen-bond acceptors (Lipinski definition) is 2. The van der Waals surface area contributed by atoms with Crippen LogP contribution in [0.2, 0.25) is 0 Å². The third-order valence-electron chi connectivity index (χ3n) is 3.01. The second-order valence-electron chi connectivity index (χ2n) is 4.39. The molecule has 5 heteroatoms. The van der Waals surface area contributed by atoms with Crippen LogP contribution in [-0.4, -0.2) is 4.98 Å². The molecule has 0 radical (unpaired) electrons. The fourth-order valence-electron chi connectivity index (χ4n) is 2.03. The van der Waals surface area contributed by atoms with Crippen molar-refractivity contribution in [1.29, 1.82) is 0 Å². The first-order chi connectivity index (χ1) is 9.65. The van der Waals surface area contributed by atoms with Crippen molar-refractivity contribution in [2.45, 2.75) is 11.2 Å². The Hall–Kier alpha value is -1.20. The second kappa shape index (κ2) is 5.66. The molecule has 0 fully saturated rings. The van der Waals surface area contributed by atoms with Crippen molar-refractivity contribution in [2.75, 3.05) is 0 Å². The first-order valence-electron chi connectivity index (χ1n) is 6.07. The number of alkyl halides is 1. The van der Waals surface area contributed by atoms with Gasteiger partial charge in [0.1, 0.15) is 11.3 Å². The number of para-hydroxylation sites is 2. The van der Waals surface area contributed by atoms with Gasteiger partial charge in [0.2, 0.25) is 0 Å². The van der Waals surface area contributed by atoms with Crippen molar-refractivity contribution in [3.63, 3.8) is 0 Å². The number of benzene rings is 2. The van der Waals surface area contributed by atoms with E-state index in [9.17, 15) is 4.39 Å². The predicted octanol–water partition coefficient (Wildman–Crippen LogP) is 5.41. The average molecular weight is 399 g/mol. The molecule has 1 unspecified atom stereocenters. The number of aromatic nitrogens is 1. The van der Waals surface area contributed by atoms with Crippen LogP contribution in [0.5, 0.6) is 0 Å². The first kappa shape index (κ1) is 13.8. The van der Waals surface area contributed by atoms with Crippen LogP contribution >= 0.6 is 31.9 Å². The molecule has 0 saturated heterocycles. The number of nitrogens with zero attached hydrogens (tertiary/aromatic N) is 1. The van der Waals surface area contributed by atoms with Gasteiger partial charge in [-0.1, -0.05) is 40.2 Å². The average Bonchev–Trinajstić information content (AvgIpc) is 2.83. The molecule has 1 aromatic heterocycles. The molecule has 1 heterocycles. The van der Waals surface area contributed by atoms with Crippen LogP contribution in [-0.2, 0) is 6.42 Å². The van der Waals surface area contributed by atoms with Crippen molar-refractivity contribution in [3.05, 3.63) is 64.2 Å². The summed E-state index contributed by atoms with van der Waals surface area (Å²) in [6.45, 7) is 0. The smallest absolute Gasteiger partial charge is 0.196 e. The number of fused-ring (bicyclic) bond motifs is 1. The van der Waals surface area contributed by atoms with E-state index in [1.165, 1.54) is 6.07 Å². The largest absolute Gasteiger partial charge is 0.441 e. The topological polar surface area (TPSA) is 26.0 Å². The molecule has 0 aliphatic carbocycles. The van der Waals surface area contributed by atoms with Crippen LogP contribution in [0.3, 0.4) is 0 Å². The van der Waals surface area contributed by atoms with Crippen LogP contribution in [0.25, 0.3) is 11.1 Å². The monoisotopic (exact) mass is 397 g/mol. The Morgan fingerprint density at radius 2 is 1.95 bits per heavy atom. The van der Waals surface area contributed by atoms with Crippen molar-refractivity contribution in [2.24, 2.45) is 0 Å². The summed E-state index contributed by atoms with van der Waals surface area (Å²) in [5, 5.41) is 0. The van der Waals surface area contributed by atoms with Gasteiger partial charge in [-0.3, -0.25) is 0 Å². The second-order valence-corrected chi connectivity index (χ2v) is 6.29. The minimum Gasteiger partial charge on any atom is -0.441 e. The molecule has 0 spiro atoms. The SMILES string of the molecule is Fc1cccc(C(Br)Cc2nc3ccccc3o2)c1Br. The van der Waals surface area contributed by atoms with Crippen molar-refractivity contribution in [3.8, 4) is 0 Å². The summed E-state index contributed by atoms with van der Waals surface area (Å²) in [6, 6.07) is 12.6. The Bertz CT molecular complexity index is 723. The lowest BCUT2D eigenvalue weighted by Gasteiger charge is -2.10. The first-order valence-corrected chi connectivity index (χ1v) is 7.78. The van der Waals surface area contributed by atoms with E-state index in [4.69, 9.17) is 4.42 Å². The zero-order valence-electron chi connectivity index (χ0n) is 10.3. The molecule has 0 aliphatic rings. The Labute approximate surface area is 132 Å². The minimum atomic E-state index is -0.274. The molecule has 0 N–H and O–H groups in total. The molecular weight excluding hydrogens is 389 g/mol. The van der Waals surface area contributed by atoms with Crippen LogP contribution < -0.4 is 0 Å². The highest BCUT2D eigenvalue weighted by Gasteiger charge is 2.17. The zero-order valence-corrected chi connectivity index (χ0v) is 13.5. The Morgan fingerprint density at radius 3 is 2.75 bits per heavy atom. The highest BCUT2D eigenvalue weighted by molar-refractivity contribution is 9.11. The Balaban J connectivity index is 1.88. The van der Waals surface area contributed by atoms with E-state index >= 15 is 0 Å². The number of rotatable bonds is 3. The van der Waals surface area contributed by atoms with Gasteiger partial charge < -0.3 is 4.42 Å². The van der Waals surface area contributed by atoms with Crippen molar-refractivity contribution in [1.82, 2.24) is 4.98 Å². The Kier molecular flexibility index (Phi) is 3.89. The summed E-state index contributed by atoms with van der Waals surface area (Å²) < 4.78 is 19.7. The van der Waals surface area contributed by atoms with Crippen LogP contribution in [0.15, 0.2) is 51.4 Å². The van der Waals surface area contributed by atoms with E-state index in [0.29, 0.717) is 16.8 Å². The summed E-state index contributed by atoms with van der Waals surface area (Å²) in [6.07, 6.45) is 0.552. The summed E-state index contributed by atoms with van der Waals surface area (Å²) in [7, 11) is 0. The van der Waals surface area contributed by atoms with E-state index < -0.39 is 0 Å². The summed E-state index contributed by atoms with van der Waals surface area (Å²) in [5.41, 5.74) is 2.44. The maximum atomic E-state index is 13.5.